The van der Waals surface area contributed by atoms with Gasteiger partial charge in [-0.3, -0.25) is 4.98 Å². The molecule has 0 saturated carbocycles. The first kappa shape index (κ1) is 13.2. The number of aliphatic hydroxyl groups is 1. The van der Waals surface area contributed by atoms with Gasteiger partial charge < -0.3 is 10.4 Å². The van der Waals surface area contributed by atoms with Crippen molar-refractivity contribution in [3.63, 3.8) is 0 Å². The van der Waals surface area contributed by atoms with Crippen molar-refractivity contribution in [2.45, 2.75) is 25.5 Å². The predicted molar refractivity (Wildman–Crippen MR) is 74.6 cm³/mol. The highest BCUT2D eigenvalue weighted by Crippen LogP contribution is 2.22. The van der Waals surface area contributed by atoms with Crippen LogP contribution in [0.1, 0.15) is 35.9 Å². The lowest BCUT2D eigenvalue weighted by atomic mass is 10.1. The van der Waals surface area contributed by atoms with Crippen LogP contribution in [0.5, 0.6) is 0 Å². The van der Waals surface area contributed by atoms with Gasteiger partial charge in [0.2, 0.25) is 0 Å². The summed E-state index contributed by atoms with van der Waals surface area (Å²) in [6.07, 6.45) is 3.94. The molecule has 0 spiro atoms. The predicted octanol–water partition coefficient (Wildman–Crippen LogP) is 2.92. The molecule has 2 rings (SSSR count). The number of rotatable bonds is 6. The van der Waals surface area contributed by atoms with Crippen molar-refractivity contribution in [2.24, 2.45) is 0 Å². The molecule has 2 unspecified atom stereocenters. The lowest BCUT2D eigenvalue weighted by molar-refractivity contribution is 0.169. The number of hydrogen-bond acceptors (Lipinski definition) is 4. The highest BCUT2D eigenvalue weighted by Gasteiger charge is 2.13. The van der Waals surface area contributed by atoms with Gasteiger partial charge >= 0.3 is 0 Å². The zero-order chi connectivity index (χ0) is 12.8. The molecule has 0 aliphatic rings. The van der Waals surface area contributed by atoms with Gasteiger partial charge in [0, 0.05) is 29.9 Å². The highest BCUT2D eigenvalue weighted by molar-refractivity contribution is 7.10. The van der Waals surface area contributed by atoms with Crippen LogP contribution in [0.4, 0.5) is 0 Å². The molecule has 4 heteroatoms. The summed E-state index contributed by atoms with van der Waals surface area (Å²) in [6.45, 7) is 2.70. The average molecular weight is 262 g/mol. The van der Waals surface area contributed by atoms with Gasteiger partial charge in [-0.1, -0.05) is 13.0 Å². The Morgan fingerprint density at radius 3 is 2.72 bits per heavy atom. The van der Waals surface area contributed by atoms with Gasteiger partial charge in [0.05, 0.1) is 6.10 Å². The molecule has 2 atom stereocenters. The topological polar surface area (TPSA) is 45.1 Å². The first-order chi connectivity index (χ1) is 8.81. The average Bonchev–Trinajstić information content (AvgIpc) is 2.94. The number of nitrogens with zero attached hydrogens (tertiary/aromatic N) is 1. The van der Waals surface area contributed by atoms with Crippen molar-refractivity contribution in [1.82, 2.24) is 10.3 Å². The van der Waals surface area contributed by atoms with Gasteiger partial charge in [0.1, 0.15) is 0 Å². The fourth-order valence-corrected chi connectivity index (χ4v) is 2.78. The fraction of sp³-hybridized carbons (Fsp3) is 0.357. The van der Waals surface area contributed by atoms with Gasteiger partial charge in [-0.15, -0.1) is 11.3 Å². The Kier molecular flexibility index (Phi) is 4.87. The Labute approximate surface area is 112 Å². The number of aliphatic hydroxyl groups excluding tert-OH is 1. The monoisotopic (exact) mass is 262 g/mol. The van der Waals surface area contributed by atoms with Gasteiger partial charge in [0.25, 0.3) is 0 Å². The minimum atomic E-state index is -0.484. The van der Waals surface area contributed by atoms with Crippen LogP contribution in [-0.4, -0.2) is 16.6 Å². The lowest BCUT2D eigenvalue weighted by Gasteiger charge is -2.18. The van der Waals surface area contributed by atoms with Crippen LogP contribution in [0.25, 0.3) is 0 Å². The van der Waals surface area contributed by atoms with E-state index < -0.39 is 6.10 Å². The molecule has 0 amide bonds. The molecule has 3 nitrogen and oxygen atoms in total. The Morgan fingerprint density at radius 1 is 1.33 bits per heavy atom. The number of pyridine rings is 1. The number of nitrogens with one attached hydrogen (secondary N) is 1. The molecule has 0 aliphatic heterocycles. The summed E-state index contributed by atoms with van der Waals surface area (Å²) in [5.41, 5.74) is 0.901. The fourth-order valence-electron chi connectivity index (χ4n) is 1.89. The lowest BCUT2D eigenvalue weighted by Crippen LogP contribution is -2.25. The van der Waals surface area contributed by atoms with E-state index in [1.807, 2.05) is 12.1 Å². The third-order valence-corrected chi connectivity index (χ3v) is 3.93. The third kappa shape index (κ3) is 3.38. The van der Waals surface area contributed by atoms with Crippen LogP contribution in [0, 0.1) is 0 Å². The highest BCUT2D eigenvalue weighted by atomic mass is 32.1. The quantitative estimate of drug-likeness (QED) is 0.841. The summed E-state index contributed by atoms with van der Waals surface area (Å²) in [6, 6.07) is 8.20. The van der Waals surface area contributed by atoms with Gasteiger partial charge in [0.15, 0.2) is 0 Å². The number of thiophene rings is 1. The maximum Gasteiger partial charge on any atom is 0.0915 e. The van der Waals surface area contributed by atoms with Crippen LogP contribution < -0.4 is 5.32 Å². The molecule has 2 heterocycles. The maximum atomic E-state index is 10.1. The number of hydrogen-bond donors (Lipinski definition) is 2. The molecule has 96 valence electrons. The molecule has 2 aromatic heterocycles. The van der Waals surface area contributed by atoms with E-state index in [4.69, 9.17) is 0 Å². The van der Waals surface area contributed by atoms with E-state index in [0.717, 1.165) is 12.0 Å². The maximum absolute atomic E-state index is 10.1. The van der Waals surface area contributed by atoms with Crippen LogP contribution in [0.3, 0.4) is 0 Å². The summed E-state index contributed by atoms with van der Waals surface area (Å²) in [7, 11) is 0. The SMILES string of the molecule is CCC(NCC(O)c1ccncc1)c1cccs1. The van der Waals surface area contributed by atoms with E-state index in [1.165, 1.54) is 4.88 Å². The summed E-state index contributed by atoms with van der Waals surface area (Å²) in [5.74, 6) is 0. The van der Waals surface area contributed by atoms with Crippen molar-refractivity contribution in [2.75, 3.05) is 6.54 Å². The first-order valence-corrected chi connectivity index (χ1v) is 7.04. The molecule has 0 fully saturated rings. The van der Waals surface area contributed by atoms with Crippen molar-refractivity contribution in [3.8, 4) is 0 Å². The second-order valence-corrected chi connectivity index (χ2v) is 5.16. The van der Waals surface area contributed by atoms with E-state index in [1.54, 1.807) is 23.7 Å². The standard InChI is InChI=1S/C14H18N2OS/c1-2-12(14-4-3-9-18-14)16-10-13(17)11-5-7-15-8-6-11/h3-9,12-13,16-17H,2,10H2,1H3. The van der Waals surface area contributed by atoms with Gasteiger partial charge in [-0.25, -0.2) is 0 Å². The molecule has 0 aromatic carbocycles. The summed E-state index contributed by atoms with van der Waals surface area (Å²) < 4.78 is 0. The van der Waals surface area contributed by atoms with Crippen molar-refractivity contribution in [1.29, 1.82) is 0 Å². The summed E-state index contributed by atoms with van der Waals surface area (Å²) in [4.78, 5) is 5.27. The smallest absolute Gasteiger partial charge is 0.0915 e. The second kappa shape index (κ2) is 6.64. The van der Waals surface area contributed by atoms with E-state index in [0.29, 0.717) is 12.6 Å². The molecule has 18 heavy (non-hydrogen) atoms. The first-order valence-electron chi connectivity index (χ1n) is 6.16. The summed E-state index contributed by atoms with van der Waals surface area (Å²) in [5, 5.41) is 15.6. The molecular formula is C14H18N2OS. The van der Waals surface area contributed by atoms with E-state index in [9.17, 15) is 5.11 Å². The largest absolute Gasteiger partial charge is 0.387 e. The van der Waals surface area contributed by atoms with E-state index in [2.05, 4.69) is 34.7 Å². The molecule has 0 radical (unpaired) electrons. The Balaban J connectivity index is 1.91. The molecular weight excluding hydrogens is 244 g/mol. The zero-order valence-corrected chi connectivity index (χ0v) is 11.2. The normalized spacial score (nSPS) is 14.3. The van der Waals surface area contributed by atoms with E-state index in [-0.39, 0.29) is 0 Å². The van der Waals surface area contributed by atoms with Crippen LogP contribution in [-0.2, 0) is 0 Å². The molecule has 2 N–H and O–H groups in total. The van der Waals surface area contributed by atoms with Gasteiger partial charge in [-0.05, 0) is 35.6 Å². The van der Waals surface area contributed by atoms with Crippen molar-refractivity contribution in [3.05, 3.63) is 52.5 Å². The second-order valence-electron chi connectivity index (χ2n) is 4.18. The Morgan fingerprint density at radius 2 is 2.11 bits per heavy atom. The van der Waals surface area contributed by atoms with Crippen molar-refractivity contribution >= 4 is 11.3 Å². The van der Waals surface area contributed by atoms with E-state index >= 15 is 0 Å². The third-order valence-electron chi connectivity index (χ3n) is 2.94. The molecule has 0 aliphatic carbocycles. The van der Waals surface area contributed by atoms with Crippen LogP contribution in [0.2, 0.25) is 0 Å². The van der Waals surface area contributed by atoms with Crippen LogP contribution >= 0.6 is 11.3 Å². The van der Waals surface area contributed by atoms with Crippen molar-refractivity contribution < 1.29 is 5.11 Å². The Bertz CT molecular complexity index is 444. The molecule has 0 saturated heterocycles. The summed E-state index contributed by atoms with van der Waals surface area (Å²) >= 11 is 1.75. The zero-order valence-electron chi connectivity index (χ0n) is 10.4. The van der Waals surface area contributed by atoms with Gasteiger partial charge in [-0.2, -0.15) is 0 Å². The van der Waals surface area contributed by atoms with Crippen LogP contribution in [0.15, 0.2) is 42.0 Å². The minimum Gasteiger partial charge on any atom is -0.387 e. The molecule has 2 aromatic rings. The molecule has 0 bridgehead atoms. The number of aromatic nitrogens is 1. The Hall–Kier alpha value is -1.23. The minimum absolute atomic E-state index is 0.321.